The van der Waals surface area contributed by atoms with E-state index in [1.807, 2.05) is 49.4 Å². The summed E-state index contributed by atoms with van der Waals surface area (Å²) in [6, 6.07) is 17.0. The van der Waals surface area contributed by atoms with Gasteiger partial charge >= 0.3 is 0 Å². The Morgan fingerprint density at radius 3 is 2.65 bits per heavy atom. The van der Waals surface area contributed by atoms with E-state index in [0.29, 0.717) is 43.7 Å². The zero-order valence-electron chi connectivity index (χ0n) is 17.1. The fourth-order valence-electron chi connectivity index (χ4n) is 3.29. The highest BCUT2D eigenvalue weighted by molar-refractivity contribution is 8.18. The smallest absolute Gasteiger partial charge is 0.266 e. The summed E-state index contributed by atoms with van der Waals surface area (Å²) in [4.78, 5) is 20.0. The van der Waals surface area contributed by atoms with Gasteiger partial charge < -0.3 is 4.42 Å². The molecule has 1 amide bonds. The Morgan fingerprint density at radius 2 is 1.87 bits per heavy atom. The average Bonchev–Trinajstić information content (AvgIpc) is 3.35. The Hall–Kier alpha value is -2.47. The molecule has 0 bridgehead atoms. The van der Waals surface area contributed by atoms with Gasteiger partial charge in [-0.05, 0) is 61.0 Å². The summed E-state index contributed by atoms with van der Waals surface area (Å²) in [5.74, 6) is 1.07. The first kappa shape index (κ1) is 21.8. The normalized spacial score (nSPS) is 16.6. The van der Waals surface area contributed by atoms with Crippen molar-refractivity contribution in [3.63, 3.8) is 0 Å². The number of likely N-dealkylation sites (N-methyl/N-ethyl adjacent to an activating group) is 1. The molecule has 0 aliphatic carbocycles. The Balaban J connectivity index is 1.65. The number of hydrogen-bond acceptors (Lipinski definition) is 4. The minimum atomic E-state index is -0.0843. The highest BCUT2D eigenvalue weighted by atomic mass is 35.5. The van der Waals surface area contributed by atoms with Crippen molar-refractivity contribution in [1.82, 2.24) is 4.90 Å². The Kier molecular flexibility index (Phi) is 6.56. The van der Waals surface area contributed by atoms with Crippen molar-refractivity contribution < 1.29 is 9.21 Å². The monoisotopic (exact) mass is 470 g/mol. The molecule has 7 heteroatoms. The summed E-state index contributed by atoms with van der Waals surface area (Å²) in [7, 11) is 0. The highest BCUT2D eigenvalue weighted by Gasteiger charge is 2.32. The van der Waals surface area contributed by atoms with Crippen LogP contribution in [0.3, 0.4) is 0 Å². The van der Waals surface area contributed by atoms with Gasteiger partial charge in [0.05, 0.1) is 20.6 Å². The average molecular weight is 471 g/mol. The molecule has 4 rings (SSSR count). The third-order valence-corrected chi connectivity index (χ3v) is 6.74. The minimum Gasteiger partial charge on any atom is -0.457 e. The molecule has 0 N–H and O–H groups in total. The molecule has 31 heavy (non-hydrogen) atoms. The number of benzene rings is 2. The van der Waals surface area contributed by atoms with E-state index >= 15 is 0 Å². The lowest BCUT2D eigenvalue weighted by Gasteiger charge is -2.12. The van der Waals surface area contributed by atoms with E-state index in [-0.39, 0.29) is 5.91 Å². The number of aryl methyl sites for hydroxylation is 1. The van der Waals surface area contributed by atoms with Crippen LogP contribution >= 0.6 is 35.0 Å². The van der Waals surface area contributed by atoms with Gasteiger partial charge in [-0.3, -0.25) is 9.69 Å². The predicted molar refractivity (Wildman–Crippen MR) is 130 cm³/mol. The molecule has 1 fully saturated rings. The lowest BCUT2D eigenvalue weighted by atomic mass is 10.1. The van der Waals surface area contributed by atoms with Crippen molar-refractivity contribution in [1.29, 1.82) is 0 Å². The first-order valence-electron chi connectivity index (χ1n) is 9.94. The maximum Gasteiger partial charge on any atom is 0.266 e. The molecule has 0 spiro atoms. The van der Waals surface area contributed by atoms with Crippen molar-refractivity contribution in [2.75, 3.05) is 6.54 Å². The van der Waals surface area contributed by atoms with E-state index in [0.717, 1.165) is 17.7 Å². The van der Waals surface area contributed by atoms with Gasteiger partial charge in [0.2, 0.25) is 0 Å². The van der Waals surface area contributed by atoms with Crippen LogP contribution in [0, 0.1) is 0 Å². The molecule has 4 nitrogen and oxygen atoms in total. The maximum atomic E-state index is 12.9. The van der Waals surface area contributed by atoms with Crippen LogP contribution in [0.4, 0.5) is 5.69 Å². The summed E-state index contributed by atoms with van der Waals surface area (Å²) in [6.45, 7) is 4.57. The lowest BCUT2D eigenvalue weighted by Crippen LogP contribution is -2.28. The standard InChI is InChI=1S/C24H20Cl2N2O2S/c1-3-15-8-5-6-11-19(15)27-24-28(4-2)23(29)21(31-24)14-16-12-13-20(30-16)17-9-7-10-18(25)22(17)26/h5-14H,3-4H2,1-2H3/b21-14+,27-24?. The molecule has 0 radical (unpaired) electrons. The lowest BCUT2D eigenvalue weighted by molar-refractivity contribution is -0.122. The van der Waals surface area contributed by atoms with E-state index in [2.05, 4.69) is 13.0 Å². The van der Waals surface area contributed by atoms with Crippen LogP contribution in [-0.4, -0.2) is 22.5 Å². The number of thioether (sulfide) groups is 1. The third-order valence-electron chi connectivity index (χ3n) is 4.91. The van der Waals surface area contributed by atoms with E-state index in [9.17, 15) is 4.79 Å². The molecule has 1 aliphatic rings. The van der Waals surface area contributed by atoms with E-state index in [1.165, 1.54) is 11.8 Å². The number of amides is 1. The quantitative estimate of drug-likeness (QED) is 0.363. The van der Waals surface area contributed by atoms with Crippen LogP contribution in [0.15, 0.2) is 68.9 Å². The van der Waals surface area contributed by atoms with Crippen LogP contribution < -0.4 is 0 Å². The number of carbonyl (C=O) groups excluding carboxylic acids is 1. The van der Waals surface area contributed by atoms with Gasteiger partial charge in [-0.2, -0.15) is 0 Å². The van der Waals surface area contributed by atoms with E-state index < -0.39 is 0 Å². The Bertz CT molecular complexity index is 1200. The fraction of sp³-hybridized carbons (Fsp3) is 0.167. The summed E-state index contributed by atoms with van der Waals surface area (Å²) < 4.78 is 5.93. The Morgan fingerprint density at radius 1 is 1.06 bits per heavy atom. The number of rotatable bonds is 5. The number of furan rings is 1. The van der Waals surface area contributed by atoms with Gasteiger partial charge in [0.1, 0.15) is 11.5 Å². The molecule has 2 aromatic carbocycles. The van der Waals surface area contributed by atoms with Gasteiger partial charge in [0.15, 0.2) is 5.17 Å². The van der Waals surface area contributed by atoms with Crippen LogP contribution in [0.5, 0.6) is 0 Å². The molecule has 1 aromatic heterocycles. The van der Waals surface area contributed by atoms with Gasteiger partial charge in [0.25, 0.3) is 5.91 Å². The van der Waals surface area contributed by atoms with Gasteiger partial charge in [-0.25, -0.2) is 4.99 Å². The first-order chi connectivity index (χ1) is 15.0. The van der Waals surface area contributed by atoms with Crippen LogP contribution in [0.1, 0.15) is 25.2 Å². The second-order valence-electron chi connectivity index (χ2n) is 6.84. The topological polar surface area (TPSA) is 45.8 Å². The number of amidine groups is 1. The molecule has 158 valence electrons. The van der Waals surface area contributed by atoms with Gasteiger partial charge in [0, 0.05) is 18.2 Å². The van der Waals surface area contributed by atoms with E-state index in [4.69, 9.17) is 32.6 Å². The second-order valence-corrected chi connectivity index (χ2v) is 8.63. The molecule has 1 saturated heterocycles. The summed E-state index contributed by atoms with van der Waals surface area (Å²) >= 11 is 13.8. The molecule has 3 aromatic rings. The van der Waals surface area contributed by atoms with Crippen LogP contribution in [0.2, 0.25) is 10.0 Å². The number of halogens is 2. The van der Waals surface area contributed by atoms with Crippen molar-refractivity contribution in [3.05, 3.63) is 80.9 Å². The zero-order valence-corrected chi connectivity index (χ0v) is 19.4. The fourth-order valence-corrected chi connectivity index (χ4v) is 4.72. The summed E-state index contributed by atoms with van der Waals surface area (Å²) in [5, 5.41) is 1.57. The number of aliphatic imine (C=N–C) groups is 1. The molecule has 0 atom stereocenters. The third kappa shape index (κ3) is 4.45. The first-order valence-corrected chi connectivity index (χ1v) is 11.5. The maximum absolute atomic E-state index is 12.9. The molecule has 0 unspecified atom stereocenters. The van der Waals surface area contributed by atoms with Gasteiger partial charge in [-0.15, -0.1) is 0 Å². The summed E-state index contributed by atoms with van der Waals surface area (Å²) in [6.07, 6.45) is 2.62. The van der Waals surface area contributed by atoms with E-state index in [1.54, 1.807) is 17.0 Å². The van der Waals surface area contributed by atoms with Crippen molar-refractivity contribution in [2.24, 2.45) is 4.99 Å². The van der Waals surface area contributed by atoms with Crippen molar-refractivity contribution in [2.45, 2.75) is 20.3 Å². The molecule has 0 saturated carbocycles. The van der Waals surface area contributed by atoms with Gasteiger partial charge in [-0.1, -0.05) is 54.4 Å². The number of para-hydroxylation sites is 1. The number of hydrogen-bond donors (Lipinski definition) is 0. The second kappa shape index (κ2) is 9.35. The number of carbonyl (C=O) groups is 1. The van der Waals surface area contributed by atoms with Crippen LogP contribution in [0.25, 0.3) is 17.4 Å². The summed E-state index contributed by atoms with van der Waals surface area (Å²) in [5.41, 5.74) is 2.74. The molecule has 2 heterocycles. The van der Waals surface area contributed by atoms with Crippen LogP contribution in [-0.2, 0) is 11.2 Å². The Labute approximate surface area is 195 Å². The molecular weight excluding hydrogens is 451 g/mol. The largest absolute Gasteiger partial charge is 0.457 e. The number of nitrogens with zero attached hydrogens (tertiary/aromatic N) is 2. The zero-order chi connectivity index (χ0) is 22.0. The minimum absolute atomic E-state index is 0.0843. The highest BCUT2D eigenvalue weighted by Crippen LogP contribution is 2.37. The molecular formula is C24H20Cl2N2O2S. The predicted octanol–water partition coefficient (Wildman–Crippen LogP) is 7.44. The van der Waals surface area contributed by atoms with Crippen molar-refractivity contribution >= 4 is 57.8 Å². The SMILES string of the molecule is CCc1ccccc1N=C1S/C(=C/c2ccc(-c3cccc(Cl)c3Cl)o2)C(=O)N1CC. The van der Waals surface area contributed by atoms with Crippen molar-refractivity contribution in [3.8, 4) is 11.3 Å². The molecule has 1 aliphatic heterocycles.